The second-order valence-corrected chi connectivity index (χ2v) is 8.71. The average molecular weight is 508 g/mol. The van der Waals surface area contributed by atoms with E-state index in [0.717, 1.165) is 44.6 Å². The van der Waals surface area contributed by atoms with E-state index >= 15 is 0 Å². The van der Waals surface area contributed by atoms with E-state index in [1.807, 2.05) is 6.07 Å². The van der Waals surface area contributed by atoms with Crippen LogP contribution in [0.15, 0.2) is 47.6 Å². The Bertz CT molecular complexity index is 1230. The zero-order valence-electron chi connectivity index (χ0n) is 20.8. The number of anilines is 3. The Morgan fingerprint density at radius 3 is 2.43 bits per heavy atom. The summed E-state index contributed by atoms with van der Waals surface area (Å²) in [6.45, 7) is 4.72. The molecule has 2 fully saturated rings. The van der Waals surface area contributed by atoms with Crippen molar-refractivity contribution in [3.63, 3.8) is 0 Å². The van der Waals surface area contributed by atoms with E-state index in [-0.39, 0.29) is 12.4 Å². The molecule has 0 aliphatic carbocycles. The quantitative estimate of drug-likeness (QED) is 0.345. The number of nitrogens with one attached hydrogen (secondary N) is 1. The van der Waals surface area contributed by atoms with Crippen LogP contribution in [0.3, 0.4) is 0 Å². The van der Waals surface area contributed by atoms with Gasteiger partial charge in [-0.05, 0) is 42.7 Å². The summed E-state index contributed by atoms with van der Waals surface area (Å²) in [5.74, 6) is 2.39. The van der Waals surface area contributed by atoms with Gasteiger partial charge in [0.15, 0.2) is 11.5 Å². The van der Waals surface area contributed by atoms with E-state index in [2.05, 4.69) is 30.3 Å². The number of morpholine rings is 1. The molecule has 0 radical (unpaired) electrons. The lowest BCUT2D eigenvalue weighted by Gasteiger charge is -2.27. The normalized spacial score (nSPS) is 15.8. The topological polar surface area (TPSA) is 97.2 Å². The zero-order chi connectivity index (χ0) is 25.5. The predicted molar refractivity (Wildman–Crippen MR) is 139 cm³/mol. The Balaban J connectivity index is 1.28. The number of ether oxygens (including phenoxy) is 3. The van der Waals surface area contributed by atoms with E-state index in [0.29, 0.717) is 48.1 Å². The molecule has 11 heteroatoms. The molecule has 1 aromatic heterocycles. The Morgan fingerprint density at radius 1 is 0.973 bits per heavy atom. The van der Waals surface area contributed by atoms with Gasteiger partial charge in [0.05, 0.1) is 26.5 Å². The summed E-state index contributed by atoms with van der Waals surface area (Å²) in [6, 6.07) is 11.9. The van der Waals surface area contributed by atoms with Crippen LogP contribution in [-0.2, 0) is 11.3 Å². The fraction of sp³-hybridized carbons (Fsp3) is 0.385. The molecule has 2 saturated heterocycles. The van der Waals surface area contributed by atoms with Crippen molar-refractivity contribution in [2.24, 2.45) is 5.10 Å². The molecule has 2 aromatic carbocycles. The molecule has 0 bridgehead atoms. The second-order valence-electron chi connectivity index (χ2n) is 8.71. The summed E-state index contributed by atoms with van der Waals surface area (Å²) in [4.78, 5) is 18.2. The molecule has 0 spiro atoms. The maximum absolute atomic E-state index is 13.9. The number of hydrazone groups is 1. The van der Waals surface area contributed by atoms with Crippen molar-refractivity contribution in [2.75, 3.05) is 61.7 Å². The van der Waals surface area contributed by atoms with Gasteiger partial charge in [-0.25, -0.2) is 9.82 Å². The minimum absolute atomic E-state index is 0.0994. The summed E-state index contributed by atoms with van der Waals surface area (Å²) in [7, 11) is 1.56. The van der Waals surface area contributed by atoms with Crippen LogP contribution in [0.25, 0.3) is 0 Å². The minimum Gasteiger partial charge on any atom is -0.493 e. The molecule has 3 aromatic rings. The number of benzene rings is 2. The molecule has 0 saturated carbocycles. The van der Waals surface area contributed by atoms with Gasteiger partial charge < -0.3 is 24.0 Å². The monoisotopic (exact) mass is 507 g/mol. The van der Waals surface area contributed by atoms with Crippen molar-refractivity contribution < 1.29 is 18.6 Å². The molecule has 2 aliphatic heterocycles. The number of aromatic nitrogens is 3. The Hall–Kier alpha value is -3.99. The number of rotatable bonds is 9. The number of hydrogen-bond donors (Lipinski definition) is 1. The summed E-state index contributed by atoms with van der Waals surface area (Å²) in [6.07, 6.45) is 3.90. The van der Waals surface area contributed by atoms with Crippen molar-refractivity contribution in [1.29, 1.82) is 0 Å². The molecule has 0 atom stereocenters. The highest BCUT2D eigenvalue weighted by molar-refractivity contribution is 5.81. The molecule has 194 valence electrons. The van der Waals surface area contributed by atoms with Gasteiger partial charge in [-0.1, -0.05) is 18.2 Å². The molecule has 5 rings (SSSR count). The van der Waals surface area contributed by atoms with Gasteiger partial charge in [0.25, 0.3) is 0 Å². The molecule has 0 unspecified atom stereocenters. The smallest absolute Gasteiger partial charge is 0.250 e. The molecule has 0 amide bonds. The highest BCUT2D eigenvalue weighted by atomic mass is 19.1. The standard InChI is InChI=1S/C26H30FN7O3/c1-35-23-16-19(8-9-22(23)37-18-20-6-2-3-7-21(20)27)17-28-32-24-29-25(33-10-4-5-11-33)31-26(30-24)34-12-14-36-15-13-34/h2-3,6-9,16-17H,4-5,10-15,18H2,1H3,(H,29,30,31,32)/b28-17+. The van der Waals surface area contributed by atoms with Crippen LogP contribution in [-0.4, -0.2) is 67.7 Å². The van der Waals surface area contributed by atoms with Crippen LogP contribution in [0, 0.1) is 5.82 Å². The first kappa shape index (κ1) is 24.7. The second kappa shape index (κ2) is 11.8. The lowest BCUT2D eigenvalue weighted by molar-refractivity contribution is 0.122. The van der Waals surface area contributed by atoms with Crippen LogP contribution in [0.4, 0.5) is 22.2 Å². The van der Waals surface area contributed by atoms with Crippen molar-refractivity contribution in [2.45, 2.75) is 19.4 Å². The third-order valence-corrected chi connectivity index (χ3v) is 6.20. The van der Waals surface area contributed by atoms with Crippen molar-refractivity contribution >= 4 is 24.1 Å². The Labute approximate surface area is 215 Å². The van der Waals surface area contributed by atoms with Gasteiger partial charge in [0.1, 0.15) is 12.4 Å². The molecule has 1 N–H and O–H groups in total. The summed E-state index contributed by atoms with van der Waals surface area (Å²) < 4.78 is 30.6. The first-order valence-corrected chi connectivity index (χ1v) is 12.4. The van der Waals surface area contributed by atoms with Crippen LogP contribution in [0.2, 0.25) is 0 Å². The predicted octanol–water partition coefficient (Wildman–Crippen LogP) is 3.48. The van der Waals surface area contributed by atoms with E-state index < -0.39 is 0 Å². The maximum Gasteiger partial charge on any atom is 0.250 e. The Kier molecular flexibility index (Phi) is 7.90. The fourth-order valence-electron chi connectivity index (χ4n) is 4.19. The first-order chi connectivity index (χ1) is 18.2. The van der Waals surface area contributed by atoms with Crippen molar-refractivity contribution in [1.82, 2.24) is 15.0 Å². The van der Waals surface area contributed by atoms with Crippen LogP contribution in [0.5, 0.6) is 11.5 Å². The molecular formula is C26H30FN7O3. The van der Waals surface area contributed by atoms with Gasteiger partial charge in [-0.2, -0.15) is 20.1 Å². The van der Waals surface area contributed by atoms with Crippen molar-refractivity contribution in [3.05, 3.63) is 59.4 Å². The number of hydrogen-bond acceptors (Lipinski definition) is 10. The summed E-state index contributed by atoms with van der Waals surface area (Å²) in [5, 5.41) is 4.34. The van der Waals surface area contributed by atoms with E-state index in [1.165, 1.54) is 6.07 Å². The average Bonchev–Trinajstić information content (AvgIpc) is 3.49. The van der Waals surface area contributed by atoms with Crippen molar-refractivity contribution in [3.8, 4) is 11.5 Å². The third kappa shape index (κ3) is 6.23. The first-order valence-electron chi connectivity index (χ1n) is 12.4. The van der Waals surface area contributed by atoms with Crippen LogP contribution < -0.4 is 24.7 Å². The van der Waals surface area contributed by atoms with Crippen LogP contribution >= 0.6 is 0 Å². The molecule has 2 aliphatic rings. The van der Waals surface area contributed by atoms with Crippen LogP contribution in [0.1, 0.15) is 24.0 Å². The molecular weight excluding hydrogens is 477 g/mol. The number of methoxy groups -OCH3 is 1. The Morgan fingerprint density at radius 2 is 1.70 bits per heavy atom. The van der Waals surface area contributed by atoms with E-state index in [4.69, 9.17) is 19.2 Å². The number of halogens is 1. The lowest BCUT2D eigenvalue weighted by Crippen LogP contribution is -2.38. The highest BCUT2D eigenvalue weighted by Crippen LogP contribution is 2.29. The maximum atomic E-state index is 13.9. The molecule has 37 heavy (non-hydrogen) atoms. The summed E-state index contributed by atoms with van der Waals surface area (Å²) in [5.41, 5.74) is 4.21. The highest BCUT2D eigenvalue weighted by Gasteiger charge is 2.21. The number of nitrogens with zero attached hydrogens (tertiary/aromatic N) is 6. The largest absolute Gasteiger partial charge is 0.493 e. The van der Waals surface area contributed by atoms with E-state index in [1.54, 1.807) is 43.7 Å². The van der Waals surface area contributed by atoms with Gasteiger partial charge in [-0.3, -0.25) is 0 Å². The fourth-order valence-corrected chi connectivity index (χ4v) is 4.19. The molecule has 3 heterocycles. The van der Waals surface area contributed by atoms with Gasteiger partial charge >= 0.3 is 0 Å². The third-order valence-electron chi connectivity index (χ3n) is 6.20. The SMILES string of the molecule is COc1cc(/C=N/Nc2nc(N3CCCC3)nc(N3CCOCC3)n2)ccc1OCc1ccccc1F. The summed E-state index contributed by atoms with van der Waals surface area (Å²) >= 11 is 0. The minimum atomic E-state index is -0.306. The van der Waals surface area contributed by atoms with Gasteiger partial charge in [0.2, 0.25) is 17.8 Å². The van der Waals surface area contributed by atoms with Gasteiger partial charge in [-0.15, -0.1) is 0 Å². The van der Waals surface area contributed by atoms with Gasteiger partial charge in [0, 0.05) is 31.7 Å². The van der Waals surface area contributed by atoms with E-state index in [9.17, 15) is 4.39 Å². The molecule has 10 nitrogen and oxygen atoms in total. The lowest BCUT2D eigenvalue weighted by atomic mass is 10.2. The zero-order valence-corrected chi connectivity index (χ0v) is 20.8.